The predicted octanol–water partition coefficient (Wildman–Crippen LogP) is 4.35. The zero-order valence-corrected chi connectivity index (χ0v) is 17.6. The molecule has 30 heavy (non-hydrogen) atoms. The molecule has 5 nitrogen and oxygen atoms in total. The molecule has 0 N–H and O–H groups in total. The number of methoxy groups -OCH3 is 1. The first-order valence-electron chi connectivity index (χ1n) is 10.5. The van der Waals surface area contributed by atoms with Crippen LogP contribution in [0.15, 0.2) is 66.7 Å². The second-order valence-corrected chi connectivity index (χ2v) is 7.50. The molecule has 1 saturated heterocycles. The fourth-order valence-corrected chi connectivity index (χ4v) is 3.94. The molecule has 0 radical (unpaired) electrons. The van der Waals surface area contributed by atoms with Gasteiger partial charge in [-0.05, 0) is 42.1 Å². The van der Waals surface area contributed by atoms with Crippen molar-refractivity contribution in [2.75, 3.05) is 38.2 Å². The summed E-state index contributed by atoms with van der Waals surface area (Å²) in [5.74, 6) is 1.69. The number of amides is 1. The summed E-state index contributed by atoms with van der Waals surface area (Å²) in [5, 5.41) is 2.15. The van der Waals surface area contributed by atoms with Gasteiger partial charge in [-0.3, -0.25) is 4.79 Å². The highest BCUT2D eigenvalue weighted by Crippen LogP contribution is 2.27. The maximum Gasteiger partial charge on any atom is 0.263 e. The van der Waals surface area contributed by atoms with Crippen molar-refractivity contribution in [2.45, 2.75) is 19.4 Å². The number of benzene rings is 3. The second-order valence-electron chi connectivity index (χ2n) is 7.50. The van der Waals surface area contributed by atoms with E-state index < -0.39 is 6.10 Å². The molecule has 1 atom stereocenters. The monoisotopic (exact) mass is 404 g/mol. The molecule has 0 spiro atoms. The SMILES string of the molecule is CC[C@@H](Oc1cccc2ccccc12)C(=O)N1CCN(c2ccc(OC)cc2)CC1. The molecule has 1 fully saturated rings. The van der Waals surface area contributed by atoms with Crippen LogP contribution in [-0.4, -0.2) is 50.2 Å². The lowest BCUT2D eigenvalue weighted by Gasteiger charge is -2.37. The molecular formula is C25H28N2O3. The number of rotatable bonds is 6. The van der Waals surface area contributed by atoms with Crippen molar-refractivity contribution in [1.82, 2.24) is 4.90 Å². The number of piperazine rings is 1. The van der Waals surface area contributed by atoms with Crippen LogP contribution in [-0.2, 0) is 4.79 Å². The van der Waals surface area contributed by atoms with Crippen LogP contribution in [0.3, 0.4) is 0 Å². The van der Waals surface area contributed by atoms with Gasteiger partial charge < -0.3 is 19.3 Å². The third-order valence-corrected chi connectivity index (χ3v) is 5.69. The van der Waals surface area contributed by atoms with Crippen LogP contribution >= 0.6 is 0 Å². The van der Waals surface area contributed by atoms with Crippen LogP contribution in [0.5, 0.6) is 11.5 Å². The fourth-order valence-electron chi connectivity index (χ4n) is 3.94. The van der Waals surface area contributed by atoms with Crippen LogP contribution < -0.4 is 14.4 Å². The minimum absolute atomic E-state index is 0.0693. The molecule has 3 aromatic carbocycles. The molecule has 1 amide bonds. The predicted molar refractivity (Wildman–Crippen MR) is 120 cm³/mol. The molecular weight excluding hydrogens is 376 g/mol. The highest BCUT2D eigenvalue weighted by atomic mass is 16.5. The maximum absolute atomic E-state index is 13.2. The van der Waals surface area contributed by atoms with Gasteiger partial charge in [-0.25, -0.2) is 0 Å². The van der Waals surface area contributed by atoms with Crippen LogP contribution in [0.1, 0.15) is 13.3 Å². The number of hydrogen-bond donors (Lipinski definition) is 0. The molecule has 3 aromatic rings. The van der Waals surface area contributed by atoms with Crippen molar-refractivity contribution < 1.29 is 14.3 Å². The first-order valence-corrected chi connectivity index (χ1v) is 10.5. The van der Waals surface area contributed by atoms with Crippen molar-refractivity contribution in [3.8, 4) is 11.5 Å². The Kier molecular flexibility index (Phi) is 6.07. The maximum atomic E-state index is 13.2. The number of anilines is 1. The summed E-state index contributed by atoms with van der Waals surface area (Å²) in [7, 11) is 1.67. The second kappa shape index (κ2) is 9.08. The van der Waals surface area contributed by atoms with E-state index in [1.807, 2.05) is 54.3 Å². The van der Waals surface area contributed by atoms with E-state index in [0.717, 1.165) is 41.0 Å². The minimum Gasteiger partial charge on any atom is -0.497 e. The Morgan fingerprint density at radius 1 is 0.933 bits per heavy atom. The Labute approximate surface area is 177 Å². The van der Waals surface area contributed by atoms with Crippen molar-refractivity contribution in [1.29, 1.82) is 0 Å². The summed E-state index contributed by atoms with van der Waals surface area (Å²) in [6, 6.07) is 22.2. The molecule has 4 rings (SSSR count). The normalized spacial score (nSPS) is 15.1. The summed E-state index contributed by atoms with van der Waals surface area (Å²) in [6.45, 7) is 5.01. The van der Waals surface area contributed by atoms with Gasteiger partial charge in [-0.2, -0.15) is 0 Å². The quantitative estimate of drug-likeness (QED) is 0.612. The average Bonchev–Trinajstić information content (AvgIpc) is 2.82. The summed E-state index contributed by atoms with van der Waals surface area (Å²) >= 11 is 0. The Bertz CT molecular complexity index is 989. The van der Waals surface area contributed by atoms with Gasteiger partial charge in [0.1, 0.15) is 11.5 Å². The largest absolute Gasteiger partial charge is 0.497 e. The van der Waals surface area contributed by atoms with E-state index >= 15 is 0 Å². The number of carbonyl (C=O) groups excluding carboxylic acids is 1. The average molecular weight is 405 g/mol. The van der Waals surface area contributed by atoms with Gasteiger partial charge >= 0.3 is 0 Å². The van der Waals surface area contributed by atoms with Gasteiger partial charge in [0.15, 0.2) is 6.10 Å². The Hall–Kier alpha value is -3.21. The Morgan fingerprint density at radius 3 is 2.33 bits per heavy atom. The molecule has 1 aliphatic rings. The van der Waals surface area contributed by atoms with Gasteiger partial charge in [-0.15, -0.1) is 0 Å². The molecule has 1 aliphatic heterocycles. The van der Waals surface area contributed by atoms with E-state index in [1.54, 1.807) is 7.11 Å². The smallest absolute Gasteiger partial charge is 0.263 e. The molecule has 0 aliphatic carbocycles. The lowest BCUT2D eigenvalue weighted by atomic mass is 10.1. The standard InChI is InChI=1S/C25H28N2O3/c1-3-23(30-24-10-6-8-19-7-4-5-9-22(19)24)25(28)27-17-15-26(16-18-27)20-11-13-21(29-2)14-12-20/h4-14,23H,3,15-18H2,1-2H3/t23-/m1/s1. The van der Waals surface area contributed by atoms with Gasteiger partial charge in [0.05, 0.1) is 7.11 Å². The molecule has 0 bridgehead atoms. The van der Waals surface area contributed by atoms with E-state index in [1.165, 1.54) is 0 Å². The van der Waals surface area contributed by atoms with Gasteiger partial charge in [0.2, 0.25) is 0 Å². The minimum atomic E-state index is -0.469. The van der Waals surface area contributed by atoms with Gasteiger partial charge in [-0.1, -0.05) is 43.3 Å². The summed E-state index contributed by atoms with van der Waals surface area (Å²) in [4.78, 5) is 17.4. The molecule has 156 valence electrons. The van der Waals surface area contributed by atoms with Crippen molar-refractivity contribution in [3.05, 3.63) is 66.7 Å². The van der Waals surface area contributed by atoms with Crippen molar-refractivity contribution in [2.24, 2.45) is 0 Å². The topological polar surface area (TPSA) is 42.0 Å². The molecule has 0 aromatic heterocycles. The van der Waals surface area contributed by atoms with E-state index in [-0.39, 0.29) is 5.91 Å². The van der Waals surface area contributed by atoms with Crippen LogP contribution in [0.4, 0.5) is 5.69 Å². The van der Waals surface area contributed by atoms with Gasteiger partial charge in [0, 0.05) is 37.3 Å². The third kappa shape index (κ3) is 4.20. The number of hydrogen-bond acceptors (Lipinski definition) is 4. The Morgan fingerprint density at radius 2 is 1.63 bits per heavy atom. The fraction of sp³-hybridized carbons (Fsp3) is 0.320. The van der Waals surface area contributed by atoms with E-state index in [4.69, 9.17) is 9.47 Å². The van der Waals surface area contributed by atoms with Crippen LogP contribution in [0.2, 0.25) is 0 Å². The zero-order chi connectivity index (χ0) is 20.9. The molecule has 0 saturated carbocycles. The lowest BCUT2D eigenvalue weighted by Crippen LogP contribution is -2.52. The number of carbonyl (C=O) groups is 1. The zero-order valence-electron chi connectivity index (χ0n) is 17.6. The van der Waals surface area contributed by atoms with Gasteiger partial charge in [0.25, 0.3) is 5.91 Å². The summed E-state index contributed by atoms with van der Waals surface area (Å²) < 4.78 is 11.4. The summed E-state index contributed by atoms with van der Waals surface area (Å²) in [5.41, 5.74) is 1.15. The first kappa shape index (κ1) is 20.1. The van der Waals surface area contributed by atoms with Crippen LogP contribution in [0, 0.1) is 0 Å². The van der Waals surface area contributed by atoms with Crippen molar-refractivity contribution >= 4 is 22.4 Å². The molecule has 0 unspecified atom stereocenters. The highest BCUT2D eigenvalue weighted by molar-refractivity contribution is 5.89. The van der Waals surface area contributed by atoms with E-state index in [0.29, 0.717) is 19.5 Å². The highest BCUT2D eigenvalue weighted by Gasteiger charge is 2.28. The molecule has 5 heteroatoms. The third-order valence-electron chi connectivity index (χ3n) is 5.69. The lowest BCUT2D eigenvalue weighted by molar-refractivity contribution is -0.139. The molecule has 1 heterocycles. The number of ether oxygens (including phenoxy) is 2. The Balaban J connectivity index is 1.40. The van der Waals surface area contributed by atoms with Crippen molar-refractivity contribution in [3.63, 3.8) is 0 Å². The van der Waals surface area contributed by atoms with E-state index in [2.05, 4.69) is 29.2 Å². The summed E-state index contributed by atoms with van der Waals surface area (Å²) in [6.07, 6.45) is 0.171. The number of nitrogens with zero attached hydrogens (tertiary/aromatic N) is 2. The van der Waals surface area contributed by atoms with E-state index in [9.17, 15) is 4.79 Å². The number of fused-ring (bicyclic) bond motifs is 1. The first-order chi connectivity index (χ1) is 14.7. The van der Waals surface area contributed by atoms with Crippen LogP contribution in [0.25, 0.3) is 10.8 Å².